The van der Waals surface area contributed by atoms with Crippen LogP contribution in [0.1, 0.15) is 10.4 Å². The van der Waals surface area contributed by atoms with Gasteiger partial charge in [-0.3, -0.25) is 4.79 Å². The monoisotopic (exact) mass is 391 g/mol. The number of amides is 1. The number of hydrogen-bond donors (Lipinski definition) is 1. The van der Waals surface area contributed by atoms with Crippen LogP contribution in [0.15, 0.2) is 67.0 Å². The van der Waals surface area contributed by atoms with Crippen LogP contribution in [0, 0.1) is 5.82 Å². The SMILES string of the molecule is COc1ccc(C(=O)Nc2cc(-c3cn4ccccc4n3)ccc2OC)cc1F. The normalized spacial score (nSPS) is 10.7. The molecule has 2 aromatic heterocycles. The van der Waals surface area contributed by atoms with Crippen molar-refractivity contribution in [1.82, 2.24) is 9.38 Å². The van der Waals surface area contributed by atoms with Gasteiger partial charge >= 0.3 is 0 Å². The average molecular weight is 391 g/mol. The van der Waals surface area contributed by atoms with Crippen LogP contribution in [0.3, 0.4) is 0 Å². The maximum Gasteiger partial charge on any atom is 0.255 e. The third-order valence-corrected chi connectivity index (χ3v) is 4.52. The number of nitrogens with one attached hydrogen (secondary N) is 1. The van der Waals surface area contributed by atoms with E-state index in [2.05, 4.69) is 10.3 Å². The van der Waals surface area contributed by atoms with Gasteiger partial charge in [0.15, 0.2) is 11.6 Å². The Balaban J connectivity index is 1.66. The number of ether oxygens (including phenoxy) is 2. The minimum Gasteiger partial charge on any atom is -0.495 e. The summed E-state index contributed by atoms with van der Waals surface area (Å²) in [4.78, 5) is 17.2. The Kier molecular flexibility index (Phi) is 4.87. The number of halogens is 1. The van der Waals surface area contributed by atoms with Crippen molar-refractivity contribution in [1.29, 1.82) is 0 Å². The lowest BCUT2D eigenvalue weighted by molar-refractivity contribution is 0.102. The summed E-state index contributed by atoms with van der Waals surface area (Å²) in [5.41, 5.74) is 3.01. The summed E-state index contributed by atoms with van der Waals surface area (Å²) in [5.74, 6) is -0.504. The van der Waals surface area contributed by atoms with E-state index in [4.69, 9.17) is 9.47 Å². The van der Waals surface area contributed by atoms with Gasteiger partial charge in [0, 0.05) is 23.5 Å². The molecule has 1 amide bonds. The van der Waals surface area contributed by atoms with Crippen LogP contribution < -0.4 is 14.8 Å². The highest BCUT2D eigenvalue weighted by Crippen LogP contribution is 2.31. The molecular formula is C22H18FN3O3. The van der Waals surface area contributed by atoms with Crippen molar-refractivity contribution < 1.29 is 18.7 Å². The molecule has 0 radical (unpaired) electrons. The first kappa shape index (κ1) is 18.5. The number of anilines is 1. The fourth-order valence-corrected chi connectivity index (χ4v) is 3.04. The molecule has 0 aliphatic carbocycles. The fourth-order valence-electron chi connectivity index (χ4n) is 3.04. The minimum atomic E-state index is -0.606. The lowest BCUT2D eigenvalue weighted by Crippen LogP contribution is -2.13. The maximum atomic E-state index is 13.9. The predicted octanol–water partition coefficient (Wildman–Crippen LogP) is 4.41. The van der Waals surface area contributed by atoms with Crippen LogP contribution in [-0.2, 0) is 0 Å². The summed E-state index contributed by atoms with van der Waals surface area (Å²) in [6.07, 6.45) is 3.82. The van der Waals surface area contributed by atoms with Crippen LogP contribution in [0.5, 0.6) is 11.5 Å². The van der Waals surface area contributed by atoms with Crippen molar-refractivity contribution in [2.24, 2.45) is 0 Å². The van der Waals surface area contributed by atoms with Crippen molar-refractivity contribution >= 4 is 17.2 Å². The number of carbonyl (C=O) groups excluding carboxylic acids is 1. The van der Waals surface area contributed by atoms with E-state index in [0.29, 0.717) is 11.4 Å². The second kappa shape index (κ2) is 7.63. The number of pyridine rings is 1. The van der Waals surface area contributed by atoms with E-state index in [-0.39, 0.29) is 11.3 Å². The molecule has 0 saturated carbocycles. The van der Waals surface area contributed by atoms with Crippen molar-refractivity contribution in [3.63, 3.8) is 0 Å². The fraction of sp³-hybridized carbons (Fsp3) is 0.0909. The lowest BCUT2D eigenvalue weighted by Gasteiger charge is -2.12. The summed E-state index contributed by atoms with van der Waals surface area (Å²) in [6.45, 7) is 0. The van der Waals surface area contributed by atoms with E-state index in [1.807, 2.05) is 41.1 Å². The van der Waals surface area contributed by atoms with E-state index >= 15 is 0 Å². The van der Waals surface area contributed by atoms with E-state index in [9.17, 15) is 9.18 Å². The number of aromatic nitrogens is 2. The Morgan fingerprint density at radius 3 is 2.55 bits per heavy atom. The number of fused-ring (bicyclic) bond motifs is 1. The van der Waals surface area contributed by atoms with Crippen LogP contribution >= 0.6 is 0 Å². The molecule has 4 rings (SSSR count). The number of imidazole rings is 1. The smallest absolute Gasteiger partial charge is 0.255 e. The average Bonchev–Trinajstić information content (AvgIpc) is 3.18. The Morgan fingerprint density at radius 1 is 1.03 bits per heavy atom. The number of benzene rings is 2. The molecule has 4 aromatic rings. The highest BCUT2D eigenvalue weighted by atomic mass is 19.1. The highest BCUT2D eigenvalue weighted by molar-refractivity contribution is 6.05. The molecule has 0 aliphatic heterocycles. The van der Waals surface area contributed by atoms with Crippen molar-refractivity contribution in [3.8, 4) is 22.8 Å². The molecule has 29 heavy (non-hydrogen) atoms. The second-order valence-electron chi connectivity index (χ2n) is 6.31. The zero-order valence-corrected chi connectivity index (χ0v) is 15.8. The molecule has 0 saturated heterocycles. The van der Waals surface area contributed by atoms with Crippen molar-refractivity contribution in [2.75, 3.05) is 19.5 Å². The molecule has 0 spiro atoms. The van der Waals surface area contributed by atoms with Crippen molar-refractivity contribution in [2.45, 2.75) is 0 Å². The first-order chi connectivity index (χ1) is 14.1. The molecule has 0 bridgehead atoms. The molecule has 146 valence electrons. The van der Waals surface area contributed by atoms with Crippen LogP contribution in [0.25, 0.3) is 16.9 Å². The number of rotatable bonds is 5. The van der Waals surface area contributed by atoms with Gasteiger partial charge in [0.1, 0.15) is 11.4 Å². The molecule has 1 N–H and O–H groups in total. The van der Waals surface area contributed by atoms with Gasteiger partial charge in [0.25, 0.3) is 5.91 Å². The molecule has 7 heteroatoms. The van der Waals surface area contributed by atoms with E-state index in [0.717, 1.165) is 23.0 Å². The van der Waals surface area contributed by atoms with Gasteiger partial charge in [0.2, 0.25) is 0 Å². The first-order valence-electron chi connectivity index (χ1n) is 8.86. The highest BCUT2D eigenvalue weighted by Gasteiger charge is 2.14. The molecule has 0 aliphatic rings. The summed E-state index contributed by atoms with van der Waals surface area (Å²) in [5, 5.41) is 2.78. The molecule has 0 atom stereocenters. The number of carbonyl (C=O) groups is 1. The van der Waals surface area contributed by atoms with E-state index < -0.39 is 11.7 Å². The quantitative estimate of drug-likeness (QED) is 0.547. The zero-order chi connectivity index (χ0) is 20.4. The second-order valence-corrected chi connectivity index (χ2v) is 6.31. The van der Waals surface area contributed by atoms with Gasteiger partial charge in [-0.25, -0.2) is 9.37 Å². The topological polar surface area (TPSA) is 64.9 Å². The zero-order valence-electron chi connectivity index (χ0n) is 15.8. The van der Waals surface area contributed by atoms with E-state index in [1.165, 1.54) is 26.4 Å². The molecule has 0 unspecified atom stereocenters. The summed E-state index contributed by atoms with van der Waals surface area (Å²) < 4.78 is 26.1. The van der Waals surface area contributed by atoms with Crippen LogP contribution in [0.4, 0.5) is 10.1 Å². The summed E-state index contributed by atoms with van der Waals surface area (Å²) in [6, 6.07) is 15.2. The standard InChI is InChI=1S/C22H18FN3O3/c1-28-19-8-7-15(11-16(19)23)22(27)25-17-12-14(6-9-20(17)29-2)18-13-26-10-4-3-5-21(26)24-18/h3-13H,1-2H3,(H,25,27). The van der Waals surface area contributed by atoms with Crippen molar-refractivity contribution in [3.05, 3.63) is 78.4 Å². The minimum absolute atomic E-state index is 0.0768. The summed E-state index contributed by atoms with van der Waals surface area (Å²) in [7, 11) is 2.89. The maximum absolute atomic E-state index is 13.9. The van der Waals surface area contributed by atoms with Gasteiger partial charge in [-0.15, -0.1) is 0 Å². The molecule has 2 heterocycles. The largest absolute Gasteiger partial charge is 0.495 e. The lowest BCUT2D eigenvalue weighted by atomic mass is 10.1. The third kappa shape index (κ3) is 3.62. The predicted molar refractivity (Wildman–Crippen MR) is 108 cm³/mol. The number of nitrogens with zero attached hydrogens (tertiary/aromatic N) is 2. The molecular weight excluding hydrogens is 373 g/mol. The van der Waals surface area contributed by atoms with Gasteiger partial charge in [-0.1, -0.05) is 6.07 Å². The summed E-state index contributed by atoms with van der Waals surface area (Å²) >= 11 is 0. The molecule has 6 nitrogen and oxygen atoms in total. The number of hydrogen-bond acceptors (Lipinski definition) is 4. The Morgan fingerprint density at radius 2 is 1.83 bits per heavy atom. The first-order valence-corrected chi connectivity index (χ1v) is 8.86. The van der Waals surface area contributed by atoms with Crippen LogP contribution in [0.2, 0.25) is 0 Å². The van der Waals surface area contributed by atoms with Gasteiger partial charge in [0.05, 0.1) is 25.6 Å². The molecule has 0 fully saturated rings. The van der Waals surface area contributed by atoms with E-state index in [1.54, 1.807) is 12.1 Å². The Bertz CT molecular complexity index is 1170. The Hall–Kier alpha value is -3.87. The van der Waals surface area contributed by atoms with Crippen LogP contribution in [-0.4, -0.2) is 29.5 Å². The Labute approximate surface area is 166 Å². The molecule has 2 aromatic carbocycles. The van der Waals surface area contributed by atoms with Gasteiger partial charge < -0.3 is 19.2 Å². The number of methoxy groups -OCH3 is 2. The third-order valence-electron chi connectivity index (χ3n) is 4.52. The van der Waals surface area contributed by atoms with Gasteiger partial charge in [-0.2, -0.15) is 0 Å². The van der Waals surface area contributed by atoms with Gasteiger partial charge in [-0.05, 0) is 48.5 Å².